The van der Waals surface area contributed by atoms with Crippen molar-refractivity contribution < 1.29 is 22.9 Å². The number of para-hydroxylation sites is 1. The molecule has 7 nitrogen and oxygen atoms in total. The molecule has 0 saturated heterocycles. The molecule has 140 valence electrons. The molecule has 0 aliphatic carbocycles. The number of carbonyl (C=O) groups is 1. The van der Waals surface area contributed by atoms with Crippen LogP contribution in [0, 0.1) is 10.1 Å². The predicted molar refractivity (Wildman–Crippen MR) is 91.7 cm³/mol. The van der Waals surface area contributed by atoms with E-state index < -0.39 is 22.6 Å². The number of amides is 1. The first-order valence-corrected chi connectivity index (χ1v) is 8.35. The van der Waals surface area contributed by atoms with Gasteiger partial charge < -0.3 is 15.4 Å². The van der Waals surface area contributed by atoms with Crippen molar-refractivity contribution in [1.29, 1.82) is 0 Å². The summed E-state index contributed by atoms with van der Waals surface area (Å²) in [5.41, 5.74) is -0.612. The maximum absolute atomic E-state index is 13.0. The third-order valence-corrected chi connectivity index (χ3v) is 4.49. The molecule has 27 heavy (non-hydrogen) atoms. The van der Waals surface area contributed by atoms with Gasteiger partial charge in [0.25, 0.3) is 5.91 Å². The number of anilines is 1. The first-order valence-electron chi connectivity index (χ1n) is 7.47. The lowest BCUT2D eigenvalue weighted by atomic mass is 10.1. The van der Waals surface area contributed by atoms with Crippen LogP contribution in [0.2, 0.25) is 0 Å². The molecule has 2 heterocycles. The molecule has 2 aromatic heterocycles. The molecule has 0 atom stereocenters. The zero-order valence-electron chi connectivity index (χ0n) is 13.4. The van der Waals surface area contributed by atoms with Crippen molar-refractivity contribution in [3.05, 3.63) is 74.1 Å². The molecule has 0 aliphatic heterocycles. The van der Waals surface area contributed by atoms with Gasteiger partial charge in [0.1, 0.15) is 0 Å². The Morgan fingerprint density at radius 2 is 2.04 bits per heavy atom. The van der Waals surface area contributed by atoms with E-state index in [0.29, 0.717) is 5.56 Å². The molecule has 0 radical (unpaired) electrons. The highest BCUT2D eigenvalue weighted by Crippen LogP contribution is 2.34. The Morgan fingerprint density at radius 1 is 1.30 bits per heavy atom. The van der Waals surface area contributed by atoms with E-state index in [1.165, 1.54) is 41.2 Å². The van der Waals surface area contributed by atoms with Gasteiger partial charge >= 0.3 is 12.0 Å². The molecule has 0 saturated carbocycles. The molecule has 3 aromatic rings. The van der Waals surface area contributed by atoms with E-state index in [1.807, 2.05) is 0 Å². The van der Waals surface area contributed by atoms with E-state index in [4.69, 9.17) is 0 Å². The van der Waals surface area contributed by atoms with Crippen molar-refractivity contribution in [3.8, 4) is 0 Å². The number of halogens is 3. The van der Waals surface area contributed by atoms with Crippen molar-refractivity contribution >= 4 is 28.7 Å². The van der Waals surface area contributed by atoms with Crippen molar-refractivity contribution in [2.45, 2.75) is 12.7 Å². The summed E-state index contributed by atoms with van der Waals surface area (Å²) in [6.45, 7) is 0.191. The highest BCUT2D eigenvalue weighted by atomic mass is 32.1. The lowest BCUT2D eigenvalue weighted by Crippen LogP contribution is -2.15. The summed E-state index contributed by atoms with van der Waals surface area (Å²) in [7, 11) is 0. The van der Waals surface area contributed by atoms with Crippen LogP contribution in [0.3, 0.4) is 0 Å². The third kappa shape index (κ3) is 4.31. The second-order valence-electron chi connectivity index (χ2n) is 5.45. The van der Waals surface area contributed by atoms with Crippen LogP contribution < -0.4 is 5.32 Å². The number of thiophene rings is 1. The fraction of sp³-hybridized carbons (Fsp3) is 0.125. The van der Waals surface area contributed by atoms with Gasteiger partial charge in [-0.25, -0.2) is 0 Å². The van der Waals surface area contributed by atoms with Crippen LogP contribution in [0.5, 0.6) is 0 Å². The van der Waals surface area contributed by atoms with Gasteiger partial charge in [0.15, 0.2) is 0 Å². The average Bonchev–Trinajstić information content (AvgIpc) is 3.24. The second-order valence-corrected chi connectivity index (χ2v) is 6.36. The maximum atomic E-state index is 13.0. The Bertz CT molecular complexity index is 997. The van der Waals surface area contributed by atoms with Crippen molar-refractivity contribution in [3.63, 3.8) is 0 Å². The molecule has 0 aliphatic rings. The quantitative estimate of drug-likeness (QED) is 0.518. The zero-order valence-corrected chi connectivity index (χ0v) is 14.3. The van der Waals surface area contributed by atoms with Crippen molar-refractivity contribution in [2.24, 2.45) is 0 Å². The van der Waals surface area contributed by atoms with Crippen molar-refractivity contribution in [2.75, 3.05) is 5.32 Å². The third-order valence-electron chi connectivity index (χ3n) is 3.52. The van der Waals surface area contributed by atoms with Crippen LogP contribution in [-0.2, 0) is 12.7 Å². The summed E-state index contributed by atoms with van der Waals surface area (Å²) in [6.07, 6.45) is -3.16. The molecule has 0 spiro atoms. The SMILES string of the molecule is O=C(Nc1ccccc1C(F)(F)F)c1cc(Cn2ccc([N+](=O)[O-])n2)cs1. The summed E-state index contributed by atoms with van der Waals surface area (Å²) >= 11 is 1.05. The van der Waals surface area contributed by atoms with Crippen molar-refractivity contribution in [1.82, 2.24) is 9.78 Å². The molecule has 0 fully saturated rings. The molecular weight excluding hydrogens is 385 g/mol. The maximum Gasteiger partial charge on any atom is 0.418 e. The van der Waals surface area contributed by atoms with E-state index in [-0.39, 0.29) is 22.9 Å². The Balaban J connectivity index is 1.73. The fourth-order valence-electron chi connectivity index (χ4n) is 2.32. The first-order chi connectivity index (χ1) is 12.7. The second kappa shape index (κ2) is 7.19. The van der Waals surface area contributed by atoms with Crippen LogP contribution in [0.4, 0.5) is 24.7 Å². The van der Waals surface area contributed by atoms with Gasteiger partial charge in [0.05, 0.1) is 40.0 Å². The van der Waals surface area contributed by atoms with Crippen LogP contribution in [0.25, 0.3) is 0 Å². The minimum atomic E-state index is -4.58. The molecule has 1 amide bonds. The average molecular weight is 396 g/mol. The fourth-order valence-corrected chi connectivity index (χ4v) is 3.12. The van der Waals surface area contributed by atoms with Crippen LogP contribution in [-0.4, -0.2) is 20.6 Å². The zero-order chi connectivity index (χ0) is 19.6. The topological polar surface area (TPSA) is 90.1 Å². The Kier molecular flexibility index (Phi) is 4.95. The summed E-state index contributed by atoms with van der Waals surface area (Å²) in [5.74, 6) is -0.971. The standard InChI is InChI=1S/C16H11F3N4O3S/c17-16(18,19)11-3-1-2-4-12(11)20-15(24)13-7-10(9-27-13)8-22-6-5-14(21-22)23(25)26/h1-7,9H,8H2,(H,20,24). The van der Waals surface area contributed by atoms with Crippen LogP contribution in [0.1, 0.15) is 20.8 Å². The lowest BCUT2D eigenvalue weighted by molar-refractivity contribution is -0.389. The summed E-state index contributed by atoms with van der Waals surface area (Å²) < 4.78 is 40.3. The molecule has 1 N–H and O–H groups in total. The predicted octanol–water partition coefficient (Wildman–Crippen LogP) is 4.17. The monoisotopic (exact) mass is 396 g/mol. The smallest absolute Gasteiger partial charge is 0.358 e. The van der Waals surface area contributed by atoms with E-state index in [1.54, 1.807) is 5.38 Å². The van der Waals surface area contributed by atoms with Gasteiger partial charge in [-0.15, -0.1) is 11.3 Å². The van der Waals surface area contributed by atoms with Crippen LogP contribution in [0.15, 0.2) is 48.0 Å². The van der Waals surface area contributed by atoms with Crippen LogP contribution >= 0.6 is 11.3 Å². The Morgan fingerprint density at radius 3 is 2.70 bits per heavy atom. The molecule has 1 aromatic carbocycles. The number of aromatic nitrogens is 2. The lowest BCUT2D eigenvalue weighted by Gasteiger charge is -2.12. The number of hydrogen-bond acceptors (Lipinski definition) is 5. The normalized spacial score (nSPS) is 11.4. The van der Waals surface area contributed by atoms with Gasteiger partial charge in [-0.3, -0.25) is 4.79 Å². The minimum absolute atomic E-state index is 0.191. The number of rotatable bonds is 5. The number of nitro groups is 1. The number of alkyl halides is 3. The van der Waals surface area contributed by atoms with E-state index in [9.17, 15) is 28.1 Å². The highest BCUT2D eigenvalue weighted by molar-refractivity contribution is 7.12. The van der Waals surface area contributed by atoms with Gasteiger partial charge in [0, 0.05) is 0 Å². The Labute approximate surface area is 154 Å². The Hall–Kier alpha value is -3.21. The number of carbonyl (C=O) groups excluding carboxylic acids is 1. The van der Waals surface area contributed by atoms with Gasteiger partial charge in [-0.2, -0.15) is 17.9 Å². The number of hydrogen-bond donors (Lipinski definition) is 1. The van der Waals surface area contributed by atoms with Gasteiger partial charge in [-0.05, 0) is 34.1 Å². The van der Waals surface area contributed by atoms with E-state index in [2.05, 4.69) is 10.4 Å². The summed E-state index contributed by atoms with van der Waals surface area (Å²) in [5, 5.41) is 18.3. The van der Waals surface area contributed by atoms with Gasteiger partial charge in [-0.1, -0.05) is 12.1 Å². The minimum Gasteiger partial charge on any atom is -0.358 e. The molecule has 11 heteroatoms. The van der Waals surface area contributed by atoms with E-state index in [0.717, 1.165) is 17.4 Å². The molecule has 3 rings (SSSR count). The number of nitrogens with one attached hydrogen (secondary N) is 1. The molecular formula is C16H11F3N4O3S. The highest BCUT2D eigenvalue weighted by Gasteiger charge is 2.33. The molecule has 0 unspecified atom stereocenters. The first kappa shape index (κ1) is 18.6. The summed E-state index contributed by atoms with van der Waals surface area (Å²) in [4.78, 5) is 22.5. The largest absolute Gasteiger partial charge is 0.418 e. The number of benzene rings is 1. The number of nitrogens with zero attached hydrogens (tertiary/aromatic N) is 3. The molecule has 0 bridgehead atoms. The van der Waals surface area contributed by atoms with Gasteiger partial charge in [0.2, 0.25) is 0 Å². The van der Waals surface area contributed by atoms with E-state index >= 15 is 0 Å². The summed E-state index contributed by atoms with van der Waals surface area (Å²) in [6, 6.07) is 7.45.